The van der Waals surface area contributed by atoms with Crippen LogP contribution in [-0.2, 0) is 20.9 Å². The molecule has 1 saturated carbocycles. The van der Waals surface area contributed by atoms with E-state index in [1.165, 1.54) is 4.90 Å². The van der Waals surface area contributed by atoms with E-state index in [2.05, 4.69) is 30.9 Å². The van der Waals surface area contributed by atoms with Gasteiger partial charge in [0.1, 0.15) is 24.1 Å². The molecule has 2 aliphatic carbocycles. The van der Waals surface area contributed by atoms with Crippen molar-refractivity contribution in [1.29, 1.82) is 0 Å². The summed E-state index contributed by atoms with van der Waals surface area (Å²) in [7, 11) is 0. The minimum atomic E-state index is -1.42. The average molecular weight is 857 g/mol. The van der Waals surface area contributed by atoms with E-state index < -0.39 is 23.8 Å². The number of aliphatic hydroxyl groups is 2. The van der Waals surface area contributed by atoms with Gasteiger partial charge in [-0.25, -0.2) is 4.79 Å². The van der Waals surface area contributed by atoms with Gasteiger partial charge in [0, 0.05) is 48.3 Å². The Morgan fingerprint density at radius 2 is 1.75 bits per heavy atom. The molecule has 2 N–H and O–H groups in total. The van der Waals surface area contributed by atoms with Crippen molar-refractivity contribution >= 4 is 23.6 Å². The number of aliphatic hydroxyl groups excluding tert-OH is 2. The lowest BCUT2D eigenvalue weighted by atomic mass is 9.55. The van der Waals surface area contributed by atoms with Gasteiger partial charge in [0.05, 0.1) is 31.5 Å². The number of allylic oxidation sites excluding steroid dienone is 1. The first kappa shape index (κ1) is 44.4. The van der Waals surface area contributed by atoms with Gasteiger partial charge < -0.3 is 43.5 Å². The monoisotopic (exact) mass is 856 g/mol. The molecule has 2 aliphatic heterocycles. The number of carbonyl (C=O) groups is 1. The molecule has 328 valence electrons. The van der Waals surface area contributed by atoms with Crippen LogP contribution < -0.4 is 18.9 Å². The number of carbonyl (C=O) groups excluding carboxylic acids is 1. The number of amides is 1. The third-order valence-corrected chi connectivity index (χ3v) is 13.0. The Balaban J connectivity index is 1.37. The molecule has 61 heavy (non-hydrogen) atoms. The third kappa shape index (κ3) is 10.0. The van der Waals surface area contributed by atoms with E-state index in [9.17, 15) is 15.0 Å². The highest BCUT2D eigenvalue weighted by Gasteiger charge is 2.65. The lowest BCUT2D eigenvalue weighted by molar-refractivity contribution is -0.256. The molecular weight excluding hydrogens is 797 g/mol. The fourth-order valence-electron chi connectivity index (χ4n) is 9.46. The predicted molar refractivity (Wildman–Crippen MR) is 234 cm³/mol. The maximum atomic E-state index is 14.5. The number of thioether (sulfide) groups is 1. The molecule has 6 atom stereocenters. The fourth-order valence-corrected chi connectivity index (χ4v) is 10.2. The number of hydrogen-bond donors (Lipinski definition) is 2. The van der Waals surface area contributed by atoms with Crippen LogP contribution in [0.5, 0.6) is 23.0 Å². The molecule has 0 spiro atoms. The topological polar surface area (TPSA) is 138 Å². The Kier molecular flexibility index (Phi) is 15.6. The summed E-state index contributed by atoms with van der Waals surface area (Å²) >= 11 is 1.75. The second kappa shape index (κ2) is 21.4. The number of fused-ring (bicyclic) bond motifs is 3. The van der Waals surface area contributed by atoms with Crippen LogP contribution in [0, 0.1) is 17.8 Å². The van der Waals surface area contributed by atoms with Gasteiger partial charge in [-0.05, 0) is 105 Å². The van der Waals surface area contributed by atoms with Crippen LogP contribution in [0.1, 0.15) is 75.8 Å². The summed E-state index contributed by atoms with van der Waals surface area (Å²) in [6.07, 6.45) is 8.48. The second-order valence-electron chi connectivity index (χ2n) is 15.7. The Morgan fingerprint density at radius 3 is 2.52 bits per heavy atom. The molecule has 1 fully saturated rings. The van der Waals surface area contributed by atoms with Crippen molar-refractivity contribution in [3.05, 3.63) is 102 Å². The van der Waals surface area contributed by atoms with E-state index in [4.69, 9.17) is 38.4 Å². The van der Waals surface area contributed by atoms with Gasteiger partial charge in [-0.2, -0.15) is 0 Å². The van der Waals surface area contributed by atoms with Crippen molar-refractivity contribution in [3.8, 4) is 23.0 Å². The highest BCUT2D eigenvalue weighted by atomic mass is 32.2. The quantitative estimate of drug-likeness (QED) is 0.0434. The van der Waals surface area contributed by atoms with Crippen molar-refractivity contribution in [2.45, 2.75) is 88.0 Å². The van der Waals surface area contributed by atoms with Crippen LogP contribution in [0.2, 0.25) is 0 Å². The van der Waals surface area contributed by atoms with Crippen LogP contribution >= 0.6 is 11.8 Å². The van der Waals surface area contributed by atoms with Crippen molar-refractivity contribution in [2.75, 3.05) is 52.2 Å². The number of nitrogens with zero attached hydrogens (tertiary/aromatic N) is 2. The largest absolute Gasteiger partial charge is 0.493 e. The number of benzene rings is 3. The summed E-state index contributed by atoms with van der Waals surface area (Å²) in [5, 5.41) is 24.6. The van der Waals surface area contributed by atoms with Crippen LogP contribution in [0.3, 0.4) is 0 Å². The maximum Gasteiger partial charge on any atom is 0.410 e. The summed E-state index contributed by atoms with van der Waals surface area (Å²) in [5.74, 6) is 1.54. The van der Waals surface area contributed by atoms with E-state index in [1.807, 2.05) is 55.5 Å². The standard InChI is InChI=1S/C48H60N2O10S/c1-4-24-58-48-44(50(47(53)54-5-2)31-33-18-20-42-43(27-33)57-32-56-42)30-40(49-59-6-3)38-28-34(14-10-12-22-51)37(17-11-13-23-52)45(46(38)48)39-29-35(19-21-41(39)60-48)55-25-26-61-36-15-8-7-9-16-36/h4,7-9,15-16,18-21,27-29,34,37,44-46,51-52H,1,5-6,10-14,17,22-26,30-32H2,2-3H3/t34-,37+,44-,45+,46+,48+/m0/s1. The highest BCUT2D eigenvalue weighted by Crippen LogP contribution is 2.62. The number of ether oxygens (including phenoxy) is 6. The first-order valence-corrected chi connectivity index (χ1v) is 22.8. The SMILES string of the molecule is C=CCO[C@@]12Oc3ccc(OCCSc4ccccc4)cc3[C@H]3[C@H](CCCCO)[C@@H](CCCCO)C=C(C(=NOCC)C[C@@H]1N(Cc1ccc4c(c1)OCO4)C(=O)OCC)[C@H]32. The van der Waals surface area contributed by atoms with E-state index in [1.54, 1.807) is 29.7 Å². The lowest BCUT2D eigenvalue weighted by Crippen LogP contribution is -2.70. The fraction of sp³-hybridized carbons (Fsp3) is 0.500. The zero-order valence-corrected chi connectivity index (χ0v) is 36.2. The zero-order valence-electron chi connectivity index (χ0n) is 35.4. The van der Waals surface area contributed by atoms with Crippen molar-refractivity contribution < 1.29 is 48.3 Å². The van der Waals surface area contributed by atoms with Crippen LogP contribution in [0.15, 0.2) is 101 Å². The summed E-state index contributed by atoms with van der Waals surface area (Å²) in [6.45, 7) is 9.43. The van der Waals surface area contributed by atoms with Gasteiger partial charge in [-0.15, -0.1) is 18.3 Å². The molecule has 0 unspecified atom stereocenters. The minimum absolute atomic E-state index is 0.0780. The van der Waals surface area contributed by atoms with Crippen LogP contribution in [-0.4, -0.2) is 90.9 Å². The molecule has 3 aromatic rings. The smallest absolute Gasteiger partial charge is 0.410 e. The van der Waals surface area contributed by atoms with E-state index in [0.717, 1.165) is 59.6 Å². The Morgan fingerprint density at radius 1 is 0.967 bits per heavy atom. The van der Waals surface area contributed by atoms with Crippen LogP contribution in [0.25, 0.3) is 0 Å². The predicted octanol–water partition coefficient (Wildman–Crippen LogP) is 8.90. The summed E-state index contributed by atoms with van der Waals surface area (Å²) in [6, 6.07) is 21.3. The highest BCUT2D eigenvalue weighted by molar-refractivity contribution is 7.99. The molecule has 0 aromatic heterocycles. The molecule has 0 saturated heterocycles. The molecule has 1 amide bonds. The molecule has 2 heterocycles. The molecule has 4 aliphatic rings. The molecule has 0 radical (unpaired) electrons. The average Bonchev–Trinajstić information content (AvgIpc) is 3.75. The number of oxime groups is 1. The van der Waals surface area contributed by atoms with Gasteiger partial charge in [-0.3, -0.25) is 4.90 Å². The van der Waals surface area contributed by atoms with Gasteiger partial charge in [0.2, 0.25) is 12.6 Å². The van der Waals surface area contributed by atoms with Crippen molar-refractivity contribution in [1.82, 2.24) is 4.90 Å². The minimum Gasteiger partial charge on any atom is -0.493 e. The summed E-state index contributed by atoms with van der Waals surface area (Å²) < 4.78 is 38.1. The Labute approximate surface area is 363 Å². The normalized spacial score (nSPS) is 23.9. The molecule has 0 bridgehead atoms. The van der Waals surface area contributed by atoms with Crippen molar-refractivity contribution in [3.63, 3.8) is 0 Å². The molecule has 7 rings (SSSR count). The number of rotatable bonds is 22. The third-order valence-electron chi connectivity index (χ3n) is 12.0. The first-order valence-electron chi connectivity index (χ1n) is 21.8. The van der Waals surface area contributed by atoms with E-state index in [0.29, 0.717) is 43.3 Å². The number of hydrogen-bond acceptors (Lipinski definition) is 12. The second-order valence-corrected chi connectivity index (χ2v) is 16.9. The van der Waals surface area contributed by atoms with Gasteiger partial charge in [0.25, 0.3) is 0 Å². The zero-order chi connectivity index (χ0) is 42.6. The molecular formula is C48H60N2O10S. The van der Waals surface area contributed by atoms with Gasteiger partial charge in [0.15, 0.2) is 11.5 Å². The lowest BCUT2D eigenvalue weighted by Gasteiger charge is -2.59. The summed E-state index contributed by atoms with van der Waals surface area (Å²) in [4.78, 5) is 23.2. The van der Waals surface area contributed by atoms with E-state index >= 15 is 0 Å². The first-order chi connectivity index (χ1) is 29.9. The van der Waals surface area contributed by atoms with E-state index in [-0.39, 0.29) is 63.9 Å². The molecule has 12 nitrogen and oxygen atoms in total. The molecule has 3 aromatic carbocycles. The maximum absolute atomic E-state index is 14.5. The summed E-state index contributed by atoms with van der Waals surface area (Å²) in [5.41, 5.74) is 3.50. The Bertz CT molecular complexity index is 1990. The van der Waals surface area contributed by atoms with Gasteiger partial charge >= 0.3 is 6.09 Å². The van der Waals surface area contributed by atoms with Crippen molar-refractivity contribution in [2.24, 2.45) is 22.9 Å². The number of unbranched alkanes of at least 4 members (excludes halogenated alkanes) is 2. The Hall–Kier alpha value is -4.69. The van der Waals surface area contributed by atoms with Gasteiger partial charge in [-0.1, -0.05) is 54.4 Å². The van der Waals surface area contributed by atoms with Crippen LogP contribution in [0.4, 0.5) is 4.79 Å². The molecule has 13 heteroatoms.